The summed E-state index contributed by atoms with van der Waals surface area (Å²) in [7, 11) is 0. The summed E-state index contributed by atoms with van der Waals surface area (Å²) < 4.78 is 3.74. The molecule has 2 aromatic heterocycles. The zero-order valence-corrected chi connectivity index (χ0v) is 20.4. The number of anilines is 1. The van der Waals surface area contributed by atoms with E-state index in [2.05, 4.69) is 27.9 Å². The third-order valence-corrected chi connectivity index (χ3v) is 5.90. The quantitative estimate of drug-likeness (QED) is 0.272. The Morgan fingerprint density at radius 1 is 0.914 bits per heavy atom. The van der Waals surface area contributed by atoms with Crippen molar-refractivity contribution >= 4 is 34.6 Å². The molecule has 35 heavy (non-hydrogen) atoms. The first kappa shape index (κ1) is 22.8. The number of nitrogens with one attached hydrogen (secondary N) is 2. The summed E-state index contributed by atoms with van der Waals surface area (Å²) in [6.45, 7) is 1.15. The Morgan fingerprint density at radius 3 is 2.46 bits per heavy atom. The van der Waals surface area contributed by atoms with E-state index in [9.17, 15) is 0 Å². The Labute approximate surface area is 214 Å². The van der Waals surface area contributed by atoms with Gasteiger partial charge in [0.15, 0.2) is 5.11 Å². The van der Waals surface area contributed by atoms with Crippen molar-refractivity contribution in [2.45, 2.75) is 13.1 Å². The van der Waals surface area contributed by atoms with Crippen LogP contribution >= 0.6 is 23.8 Å². The van der Waals surface area contributed by atoms with Crippen LogP contribution in [-0.2, 0) is 13.1 Å². The van der Waals surface area contributed by atoms with Crippen molar-refractivity contribution in [3.8, 4) is 16.9 Å². The molecule has 0 aliphatic carbocycles. The average molecular weight is 499 g/mol. The van der Waals surface area contributed by atoms with Crippen LogP contribution in [0, 0.1) is 0 Å². The number of benzene rings is 3. The minimum atomic E-state index is 0.513. The molecule has 0 fully saturated rings. The van der Waals surface area contributed by atoms with Gasteiger partial charge in [0, 0.05) is 35.1 Å². The van der Waals surface area contributed by atoms with Crippen molar-refractivity contribution < 1.29 is 0 Å². The highest BCUT2D eigenvalue weighted by molar-refractivity contribution is 7.80. The number of hydrogen-bond acceptors (Lipinski definition) is 3. The number of rotatable bonds is 7. The molecule has 0 amide bonds. The highest BCUT2D eigenvalue weighted by Gasteiger charge is 2.13. The SMILES string of the molecule is S=C(NCc1cn(-c2ccccc2)nc1-c1ccccc1)Nc1cnn(Cc2cccc(Cl)c2)c1. The Morgan fingerprint density at radius 2 is 1.69 bits per heavy atom. The van der Waals surface area contributed by atoms with Gasteiger partial charge in [-0.3, -0.25) is 4.68 Å². The maximum absolute atomic E-state index is 6.08. The van der Waals surface area contributed by atoms with Gasteiger partial charge in [-0.1, -0.05) is 72.3 Å². The summed E-state index contributed by atoms with van der Waals surface area (Å²) in [5, 5.41) is 17.0. The van der Waals surface area contributed by atoms with E-state index in [1.807, 2.05) is 94.6 Å². The molecule has 0 unspecified atom stereocenters. The average Bonchev–Trinajstić information content (AvgIpc) is 3.51. The molecular formula is C27H23ClN6S. The van der Waals surface area contributed by atoms with E-state index < -0.39 is 0 Å². The van der Waals surface area contributed by atoms with Crippen LogP contribution in [0.15, 0.2) is 104 Å². The summed E-state index contributed by atoms with van der Waals surface area (Å²) in [4.78, 5) is 0. The number of aromatic nitrogens is 4. The van der Waals surface area contributed by atoms with Gasteiger partial charge >= 0.3 is 0 Å². The van der Waals surface area contributed by atoms with Crippen LogP contribution in [0.2, 0.25) is 5.02 Å². The van der Waals surface area contributed by atoms with Crippen molar-refractivity contribution in [3.63, 3.8) is 0 Å². The molecule has 0 bridgehead atoms. The van der Waals surface area contributed by atoms with Crippen molar-refractivity contribution in [3.05, 3.63) is 120 Å². The summed E-state index contributed by atoms with van der Waals surface area (Å²) in [6.07, 6.45) is 5.70. The van der Waals surface area contributed by atoms with Gasteiger partial charge in [-0.05, 0) is 42.0 Å². The van der Waals surface area contributed by atoms with Crippen LogP contribution in [-0.4, -0.2) is 24.7 Å². The summed E-state index contributed by atoms with van der Waals surface area (Å²) >= 11 is 11.6. The van der Waals surface area contributed by atoms with Gasteiger partial charge in [-0.2, -0.15) is 10.2 Å². The van der Waals surface area contributed by atoms with Gasteiger partial charge in [0.05, 0.1) is 29.8 Å². The predicted molar refractivity (Wildman–Crippen MR) is 145 cm³/mol. The van der Waals surface area contributed by atoms with E-state index in [1.54, 1.807) is 6.20 Å². The van der Waals surface area contributed by atoms with Crippen LogP contribution in [0.4, 0.5) is 5.69 Å². The lowest BCUT2D eigenvalue weighted by Gasteiger charge is -2.09. The van der Waals surface area contributed by atoms with Gasteiger partial charge in [0.2, 0.25) is 0 Å². The second-order valence-corrected chi connectivity index (χ2v) is 8.86. The maximum Gasteiger partial charge on any atom is 0.171 e. The van der Waals surface area contributed by atoms with Gasteiger partial charge in [-0.25, -0.2) is 4.68 Å². The number of hydrogen-bond donors (Lipinski definition) is 2. The molecule has 0 radical (unpaired) electrons. The normalized spacial score (nSPS) is 10.8. The second-order valence-electron chi connectivity index (χ2n) is 8.01. The number of para-hydroxylation sites is 1. The van der Waals surface area contributed by atoms with Gasteiger partial charge < -0.3 is 10.6 Å². The monoisotopic (exact) mass is 498 g/mol. The largest absolute Gasteiger partial charge is 0.358 e. The van der Waals surface area contributed by atoms with Gasteiger partial charge in [0.25, 0.3) is 0 Å². The van der Waals surface area contributed by atoms with Crippen LogP contribution < -0.4 is 10.6 Å². The molecule has 2 N–H and O–H groups in total. The molecule has 6 nitrogen and oxygen atoms in total. The first-order valence-corrected chi connectivity index (χ1v) is 11.9. The minimum Gasteiger partial charge on any atom is -0.358 e. The van der Waals surface area contributed by atoms with Crippen molar-refractivity contribution in [2.24, 2.45) is 0 Å². The lowest BCUT2D eigenvalue weighted by Crippen LogP contribution is -2.27. The Hall–Kier alpha value is -3.94. The molecule has 2 heterocycles. The fourth-order valence-corrected chi connectivity index (χ4v) is 4.18. The molecule has 5 rings (SSSR count). The highest BCUT2D eigenvalue weighted by Crippen LogP contribution is 2.23. The molecule has 174 valence electrons. The first-order chi connectivity index (χ1) is 17.1. The first-order valence-electron chi connectivity index (χ1n) is 11.2. The molecule has 0 atom stereocenters. The van der Waals surface area contributed by atoms with Crippen molar-refractivity contribution in [2.75, 3.05) is 5.32 Å². The Balaban J connectivity index is 1.26. The number of nitrogens with zero attached hydrogens (tertiary/aromatic N) is 4. The molecule has 0 aliphatic heterocycles. The lowest BCUT2D eigenvalue weighted by molar-refractivity contribution is 0.687. The molecule has 8 heteroatoms. The standard InChI is InChI=1S/C27H23ClN6S/c28-23-11-7-8-20(14-23)17-33-19-24(16-30-33)31-27(35)29-15-22-18-34(25-12-5-2-6-13-25)32-26(22)21-9-3-1-4-10-21/h1-14,16,18-19H,15,17H2,(H2,29,31,35). The number of halogens is 1. The second kappa shape index (κ2) is 10.5. The number of thiocarbonyl (C=S) groups is 1. The third kappa shape index (κ3) is 5.77. The predicted octanol–water partition coefficient (Wildman–Crippen LogP) is 5.92. The summed E-state index contributed by atoms with van der Waals surface area (Å²) in [6, 6.07) is 28.0. The minimum absolute atomic E-state index is 0.513. The molecule has 3 aromatic carbocycles. The maximum atomic E-state index is 6.08. The topological polar surface area (TPSA) is 59.7 Å². The Kier molecular flexibility index (Phi) is 6.88. The van der Waals surface area contributed by atoms with E-state index in [4.69, 9.17) is 28.9 Å². The van der Waals surface area contributed by atoms with E-state index in [0.29, 0.717) is 23.2 Å². The molecule has 0 aliphatic rings. The van der Waals surface area contributed by atoms with Crippen LogP contribution in [0.1, 0.15) is 11.1 Å². The highest BCUT2D eigenvalue weighted by atomic mass is 35.5. The molecular weight excluding hydrogens is 476 g/mol. The Bertz CT molecular complexity index is 1430. The van der Waals surface area contributed by atoms with E-state index in [1.165, 1.54) is 0 Å². The molecule has 0 saturated heterocycles. The van der Waals surface area contributed by atoms with Gasteiger partial charge in [-0.15, -0.1) is 0 Å². The van der Waals surface area contributed by atoms with Crippen LogP contribution in [0.3, 0.4) is 0 Å². The van der Waals surface area contributed by atoms with Gasteiger partial charge in [0.1, 0.15) is 0 Å². The third-order valence-electron chi connectivity index (χ3n) is 5.42. The fraction of sp³-hybridized carbons (Fsp3) is 0.0741. The molecule has 5 aromatic rings. The molecule has 0 spiro atoms. The summed E-state index contributed by atoms with van der Waals surface area (Å²) in [5.41, 5.74) is 5.91. The molecule has 0 saturated carbocycles. The lowest BCUT2D eigenvalue weighted by atomic mass is 10.1. The summed E-state index contributed by atoms with van der Waals surface area (Å²) in [5.74, 6) is 0. The van der Waals surface area contributed by atoms with Crippen LogP contribution in [0.25, 0.3) is 16.9 Å². The van der Waals surface area contributed by atoms with Crippen molar-refractivity contribution in [1.82, 2.24) is 24.9 Å². The zero-order chi connectivity index (χ0) is 24.0. The van der Waals surface area contributed by atoms with E-state index in [0.717, 1.165) is 33.8 Å². The van der Waals surface area contributed by atoms with E-state index >= 15 is 0 Å². The fourth-order valence-electron chi connectivity index (χ4n) is 3.78. The smallest absolute Gasteiger partial charge is 0.171 e. The van der Waals surface area contributed by atoms with Crippen molar-refractivity contribution in [1.29, 1.82) is 0 Å². The van der Waals surface area contributed by atoms with Crippen LogP contribution in [0.5, 0.6) is 0 Å². The zero-order valence-electron chi connectivity index (χ0n) is 18.8. The van der Waals surface area contributed by atoms with E-state index in [-0.39, 0.29) is 0 Å².